The highest BCUT2D eigenvalue weighted by molar-refractivity contribution is 7.80. The molecule has 0 bridgehead atoms. The maximum absolute atomic E-state index is 5.35. The van der Waals surface area contributed by atoms with Gasteiger partial charge in [0.15, 0.2) is 16.6 Å². The van der Waals surface area contributed by atoms with Crippen molar-refractivity contribution in [1.29, 1.82) is 0 Å². The summed E-state index contributed by atoms with van der Waals surface area (Å²) < 4.78 is 21.3. The summed E-state index contributed by atoms with van der Waals surface area (Å²) in [6.07, 6.45) is 1.64. The number of thiocarbonyl (C=S) groups is 1. The molecule has 1 aliphatic rings. The Morgan fingerprint density at radius 2 is 1.85 bits per heavy atom. The van der Waals surface area contributed by atoms with Crippen molar-refractivity contribution in [2.24, 2.45) is 5.10 Å². The number of hydrazone groups is 1. The molecule has 8 nitrogen and oxygen atoms in total. The van der Waals surface area contributed by atoms with Gasteiger partial charge in [0.05, 0.1) is 53.8 Å². The minimum absolute atomic E-state index is 0.487. The lowest BCUT2D eigenvalue weighted by Crippen LogP contribution is -3.14. The van der Waals surface area contributed by atoms with E-state index in [1.54, 1.807) is 27.5 Å². The summed E-state index contributed by atoms with van der Waals surface area (Å²) >= 11 is 5.23. The number of hydrogen-bond donors (Lipinski definition) is 3. The third-order valence-electron chi connectivity index (χ3n) is 4.03. The Hall–Kier alpha value is -2.10. The lowest BCUT2D eigenvalue weighted by atomic mass is 10.2. The molecule has 1 fully saturated rings. The van der Waals surface area contributed by atoms with Crippen LogP contribution in [0.15, 0.2) is 17.2 Å². The van der Waals surface area contributed by atoms with E-state index in [1.165, 1.54) is 4.90 Å². The normalized spacial score (nSPS) is 14.9. The van der Waals surface area contributed by atoms with E-state index in [2.05, 4.69) is 15.8 Å². The minimum atomic E-state index is 0.487. The van der Waals surface area contributed by atoms with Gasteiger partial charge in [-0.05, 0) is 24.4 Å². The van der Waals surface area contributed by atoms with Gasteiger partial charge in [0.25, 0.3) is 0 Å². The third-order valence-corrected chi connectivity index (χ3v) is 4.27. The smallest absolute Gasteiger partial charge is 0.203 e. The quantitative estimate of drug-likeness (QED) is 0.315. The Morgan fingerprint density at radius 1 is 1.19 bits per heavy atom. The lowest BCUT2D eigenvalue weighted by molar-refractivity contribution is -0.906. The van der Waals surface area contributed by atoms with Gasteiger partial charge in [-0.25, -0.2) is 0 Å². The van der Waals surface area contributed by atoms with Crippen LogP contribution in [0.4, 0.5) is 0 Å². The molecule has 26 heavy (non-hydrogen) atoms. The summed E-state index contributed by atoms with van der Waals surface area (Å²) in [5.41, 5.74) is 3.61. The van der Waals surface area contributed by atoms with Crippen LogP contribution >= 0.6 is 12.2 Å². The van der Waals surface area contributed by atoms with Crippen molar-refractivity contribution in [1.82, 2.24) is 10.7 Å². The van der Waals surface area contributed by atoms with E-state index in [0.717, 1.165) is 45.0 Å². The zero-order valence-corrected chi connectivity index (χ0v) is 16.3. The van der Waals surface area contributed by atoms with Crippen LogP contribution in [-0.4, -0.2) is 72.0 Å². The van der Waals surface area contributed by atoms with Crippen LogP contribution < -0.4 is 29.9 Å². The first-order valence-corrected chi connectivity index (χ1v) is 8.87. The molecule has 3 N–H and O–H groups in total. The summed E-state index contributed by atoms with van der Waals surface area (Å²) in [6.45, 7) is 5.54. The molecule has 0 aromatic heterocycles. The number of quaternary nitrogens is 1. The zero-order chi connectivity index (χ0) is 18.8. The van der Waals surface area contributed by atoms with Gasteiger partial charge in [-0.15, -0.1) is 0 Å². The molecule has 1 aromatic rings. The predicted octanol–water partition coefficient (Wildman–Crippen LogP) is -0.574. The van der Waals surface area contributed by atoms with Gasteiger partial charge in [0.2, 0.25) is 5.75 Å². The number of nitrogens with zero attached hydrogens (tertiary/aromatic N) is 1. The average Bonchev–Trinajstić information content (AvgIpc) is 2.68. The predicted molar refractivity (Wildman–Crippen MR) is 104 cm³/mol. The molecule has 2 rings (SSSR count). The van der Waals surface area contributed by atoms with E-state index in [9.17, 15) is 0 Å². The van der Waals surface area contributed by atoms with E-state index >= 15 is 0 Å². The highest BCUT2D eigenvalue weighted by Gasteiger charge is 2.13. The number of hydrogen-bond acceptors (Lipinski definition) is 6. The molecule has 0 amide bonds. The van der Waals surface area contributed by atoms with Gasteiger partial charge in [0, 0.05) is 5.56 Å². The molecule has 0 saturated carbocycles. The van der Waals surface area contributed by atoms with Crippen LogP contribution in [0.3, 0.4) is 0 Å². The molecule has 0 aliphatic carbocycles. The van der Waals surface area contributed by atoms with Crippen molar-refractivity contribution < 1.29 is 23.8 Å². The molecule has 1 aliphatic heterocycles. The number of benzene rings is 1. The second kappa shape index (κ2) is 10.8. The molecule has 0 spiro atoms. The van der Waals surface area contributed by atoms with E-state index < -0.39 is 0 Å². The Morgan fingerprint density at radius 3 is 2.42 bits per heavy atom. The second-order valence-corrected chi connectivity index (χ2v) is 6.11. The SMILES string of the molecule is COc1cc(/C=N\NC(=S)NCC[NH+]2CCOCC2)cc(OC)c1OC. The number of morpholine rings is 1. The van der Waals surface area contributed by atoms with E-state index in [0.29, 0.717) is 22.4 Å². The molecule has 144 valence electrons. The number of methoxy groups -OCH3 is 3. The zero-order valence-electron chi connectivity index (χ0n) is 15.5. The lowest BCUT2D eigenvalue weighted by Gasteiger charge is -2.23. The Balaban J connectivity index is 1.82. The van der Waals surface area contributed by atoms with Gasteiger partial charge in [-0.3, -0.25) is 5.43 Å². The van der Waals surface area contributed by atoms with Gasteiger partial charge in [-0.2, -0.15) is 5.10 Å². The first kappa shape index (κ1) is 20.2. The molecule has 9 heteroatoms. The summed E-state index contributed by atoms with van der Waals surface area (Å²) in [5.74, 6) is 1.69. The van der Waals surface area contributed by atoms with E-state index in [4.69, 9.17) is 31.2 Å². The van der Waals surface area contributed by atoms with Crippen molar-refractivity contribution in [2.75, 3.05) is 60.7 Å². The Labute approximate surface area is 159 Å². The second-order valence-electron chi connectivity index (χ2n) is 5.70. The maximum atomic E-state index is 5.35. The van der Waals surface area contributed by atoms with Crippen LogP contribution in [0, 0.1) is 0 Å². The number of nitrogens with one attached hydrogen (secondary N) is 3. The highest BCUT2D eigenvalue weighted by Crippen LogP contribution is 2.37. The summed E-state index contributed by atoms with van der Waals surface area (Å²) in [5, 5.41) is 7.80. The average molecular weight is 383 g/mol. The largest absolute Gasteiger partial charge is 0.493 e. The van der Waals surface area contributed by atoms with Crippen molar-refractivity contribution >= 4 is 23.5 Å². The molecular weight excluding hydrogens is 356 g/mol. The Kier molecular flexibility index (Phi) is 8.39. The summed E-state index contributed by atoms with van der Waals surface area (Å²) in [7, 11) is 4.72. The summed E-state index contributed by atoms with van der Waals surface area (Å²) in [6, 6.07) is 3.62. The molecule has 1 aromatic carbocycles. The standard InChI is InChI=1S/C17H26N4O4S/c1-22-14-10-13(11-15(23-2)16(14)24-3)12-19-20-17(26)18-4-5-21-6-8-25-9-7-21/h10-12H,4-9H2,1-3H3,(H2,18,20,26)/p+1/b19-12-. The van der Waals surface area contributed by atoms with Crippen molar-refractivity contribution in [3.8, 4) is 17.2 Å². The fourth-order valence-corrected chi connectivity index (χ4v) is 2.80. The van der Waals surface area contributed by atoms with Crippen LogP contribution in [0.5, 0.6) is 17.2 Å². The number of ether oxygens (including phenoxy) is 4. The van der Waals surface area contributed by atoms with Crippen LogP contribution in [-0.2, 0) is 4.74 Å². The fourth-order valence-electron chi connectivity index (χ4n) is 2.64. The Bertz CT molecular complexity index is 596. The van der Waals surface area contributed by atoms with Gasteiger partial charge < -0.3 is 29.2 Å². The van der Waals surface area contributed by atoms with E-state index in [1.807, 2.05) is 12.1 Å². The van der Waals surface area contributed by atoms with Gasteiger partial charge >= 0.3 is 0 Å². The molecule has 1 saturated heterocycles. The summed E-state index contributed by atoms with van der Waals surface area (Å²) in [4.78, 5) is 1.52. The van der Waals surface area contributed by atoms with Gasteiger partial charge in [-0.1, -0.05) is 0 Å². The topological polar surface area (TPSA) is 77.8 Å². The maximum Gasteiger partial charge on any atom is 0.203 e. The van der Waals surface area contributed by atoms with Crippen molar-refractivity contribution in [2.45, 2.75) is 0 Å². The van der Waals surface area contributed by atoms with Crippen molar-refractivity contribution in [3.05, 3.63) is 17.7 Å². The molecule has 0 unspecified atom stereocenters. The monoisotopic (exact) mass is 383 g/mol. The number of rotatable bonds is 8. The first-order valence-electron chi connectivity index (χ1n) is 8.46. The van der Waals surface area contributed by atoms with Crippen LogP contribution in [0.25, 0.3) is 0 Å². The van der Waals surface area contributed by atoms with Crippen LogP contribution in [0.2, 0.25) is 0 Å². The first-order chi connectivity index (χ1) is 12.7. The molecule has 1 heterocycles. The molecule has 0 radical (unpaired) electrons. The molecular formula is C17H27N4O4S+. The third kappa shape index (κ3) is 6.01. The fraction of sp³-hybridized carbons (Fsp3) is 0.529. The van der Waals surface area contributed by atoms with Crippen molar-refractivity contribution in [3.63, 3.8) is 0 Å². The van der Waals surface area contributed by atoms with Crippen LogP contribution in [0.1, 0.15) is 5.56 Å². The van der Waals surface area contributed by atoms with Gasteiger partial charge in [0.1, 0.15) is 13.1 Å². The highest BCUT2D eigenvalue weighted by atomic mass is 32.1. The minimum Gasteiger partial charge on any atom is -0.493 e. The molecule has 0 atom stereocenters. The van der Waals surface area contributed by atoms with E-state index in [-0.39, 0.29) is 0 Å².